The number of halogens is 2. The Bertz CT molecular complexity index is 1260. The van der Waals surface area contributed by atoms with Crippen LogP contribution in [0.15, 0.2) is 48.7 Å². The molecule has 0 fully saturated rings. The van der Waals surface area contributed by atoms with Gasteiger partial charge in [0.05, 0.1) is 0 Å². The molecular weight excluding hydrogens is 638 g/mol. The zero-order chi connectivity index (χ0) is 22.3. The van der Waals surface area contributed by atoms with Crippen LogP contribution in [0.1, 0.15) is 31.1 Å². The maximum absolute atomic E-state index is 13.1. The molecule has 0 spiro atoms. The molecule has 0 aliphatic carbocycles. The van der Waals surface area contributed by atoms with Crippen LogP contribution in [-0.4, -0.2) is 57.8 Å². The fraction of sp³-hybridized carbons (Fsp3) is 0.0476. The minimum atomic E-state index is -1.19. The van der Waals surface area contributed by atoms with Gasteiger partial charge >= 0.3 is 203 Å². The molecule has 0 unspecified atom stereocenters. The molecule has 0 bridgehead atoms. The summed E-state index contributed by atoms with van der Waals surface area (Å²) in [6.07, 6.45) is 1.53. The van der Waals surface area contributed by atoms with Crippen molar-refractivity contribution in [3.8, 4) is 17.0 Å². The average Bonchev–Trinajstić information content (AvgIpc) is 2.98. The van der Waals surface area contributed by atoms with Crippen LogP contribution < -0.4 is 9.64 Å². The number of amides is 2. The van der Waals surface area contributed by atoms with Crippen LogP contribution in [0.25, 0.3) is 11.1 Å². The van der Waals surface area contributed by atoms with Crippen LogP contribution in [-0.2, 0) is 0 Å². The van der Waals surface area contributed by atoms with E-state index in [9.17, 15) is 19.5 Å². The first kappa shape index (κ1) is 21.7. The van der Waals surface area contributed by atoms with Crippen molar-refractivity contribution < 1.29 is 24.2 Å². The van der Waals surface area contributed by atoms with Crippen molar-refractivity contribution in [1.82, 2.24) is 4.98 Å². The van der Waals surface area contributed by atoms with Crippen molar-refractivity contribution in [2.24, 2.45) is 0 Å². The van der Waals surface area contributed by atoms with Crippen LogP contribution in [0.2, 0.25) is 10.0 Å². The number of carbonyl (C=O) groups is 3. The number of carbonyl (C=O) groups excluding carboxylic acids is 2. The van der Waals surface area contributed by atoms with E-state index in [1.54, 1.807) is 24.3 Å². The number of hydrogen-bond acceptors (Lipinski definition) is 5. The molecule has 1 aromatic heterocycles. The molecule has 2 amide bonds. The Hall–Kier alpha value is -2.50. The van der Waals surface area contributed by atoms with Gasteiger partial charge < -0.3 is 0 Å². The van der Waals surface area contributed by atoms with Crippen LogP contribution in [0, 0.1) is 0 Å². The Kier molecular flexibility index (Phi) is 6.00. The van der Waals surface area contributed by atoms with E-state index in [4.69, 9.17) is 27.9 Å². The Balaban J connectivity index is 1.85. The van der Waals surface area contributed by atoms with Crippen molar-refractivity contribution in [2.75, 3.05) is 9.07 Å². The van der Waals surface area contributed by atoms with E-state index >= 15 is 0 Å². The first-order chi connectivity index (χ1) is 14.8. The fourth-order valence-electron chi connectivity index (χ4n) is 3.24. The van der Waals surface area contributed by atoms with Gasteiger partial charge in [-0.05, 0) is 0 Å². The second-order valence-electron chi connectivity index (χ2n) is 6.47. The molecule has 0 saturated heterocycles. The maximum atomic E-state index is 13.1. The molecule has 31 heavy (non-hydrogen) atoms. The van der Waals surface area contributed by atoms with Gasteiger partial charge in [-0.3, -0.25) is 0 Å². The van der Waals surface area contributed by atoms with Gasteiger partial charge in [0.15, 0.2) is 0 Å². The van der Waals surface area contributed by atoms with E-state index in [2.05, 4.69) is 4.98 Å². The van der Waals surface area contributed by atoms with Gasteiger partial charge in [0.25, 0.3) is 0 Å². The quantitative estimate of drug-likeness (QED) is 0.331. The van der Waals surface area contributed by atoms with E-state index in [-0.39, 0.29) is 28.3 Å². The summed E-state index contributed by atoms with van der Waals surface area (Å²) in [4.78, 5) is 42.7. The van der Waals surface area contributed by atoms with Gasteiger partial charge in [0.1, 0.15) is 0 Å². The Morgan fingerprint density at radius 3 is 2.42 bits per heavy atom. The molecule has 2 heterocycles. The summed E-state index contributed by atoms with van der Waals surface area (Å²) in [5.74, 6) is -2.31. The molecule has 3 radical (unpaired) electrons. The summed E-state index contributed by atoms with van der Waals surface area (Å²) in [5.41, 5.74) is 1.36. The van der Waals surface area contributed by atoms with E-state index < -0.39 is 17.8 Å². The number of imide groups is 1. The summed E-state index contributed by atoms with van der Waals surface area (Å²) in [6.45, 7) is 0. The average molecular weight is 649 g/mol. The molecule has 2 aromatic carbocycles. The van der Waals surface area contributed by atoms with Crippen molar-refractivity contribution in [3.63, 3.8) is 0 Å². The van der Waals surface area contributed by atoms with Crippen molar-refractivity contribution in [3.05, 3.63) is 75.4 Å². The number of benzene rings is 2. The van der Waals surface area contributed by atoms with Crippen molar-refractivity contribution in [1.29, 1.82) is 0 Å². The molecular formula is C21H11Cl2N2O5Pb. The SMILES string of the molecule is O=C(O)c1ccc2c(c1)C(=O)N(c1cc(-c3ccc(Cl)cc3Cl)cnc1O[CH2][Pb])C2=O. The summed E-state index contributed by atoms with van der Waals surface area (Å²) >= 11 is 13.0. The van der Waals surface area contributed by atoms with E-state index in [0.717, 1.165) is 4.90 Å². The number of rotatable bonds is 5. The first-order valence-electron chi connectivity index (χ1n) is 8.81. The molecule has 4 rings (SSSR count). The van der Waals surface area contributed by atoms with Crippen molar-refractivity contribution >= 4 is 72.4 Å². The van der Waals surface area contributed by atoms with E-state index in [1.165, 1.54) is 24.4 Å². The molecule has 153 valence electrons. The van der Waals surface area contributed by atoms with Gasteiger partial charge in [-0.25, -0.2) is 0 Å². The third-order valence-electron chi connectivity index (χ3n) is 4.66. The number of carboxylic acids is 1. The predicted molar refractivity (Wildman–Crippen MR) is 115 cm³/mol. The zero-order valence-corrected chi connectivity index (χ0v) is 21.0. The molecule has 0 atom stereocenters. The first-order valence-corrected chi connectivity index (χ1v) is 12.3. The Morgan fingerprint density at radius 2 is 1.74 bits per heavy atom. The molecule has 1 aliphatic rings. The number of pyridine rings is 1. The van der Waals surface area contributed by atoms with Crippen LogP contribution in [0.3, 0.4) is 0 Å². The van der Waals surface area contributed by atoms with E-state index in [0.29, 0.717) is 51.1 Å². The van der Waals surface area contributed by atoms with Gasteiger partial charge in [0, 0.05) is 0 Å². The standard InChI is InChI=1S/C21H11Cl2N2O5.Pb/c1-30-18-17(7-11(9-24-18)13-5-3-12(22)8-16(13)23)25-19(26)14-4-2-10(21(28)29)6-15(14)20(25)27;/h2-9H,1H2,(H,28,29);. The normalized spacial score (nSPS) is 12.8. The van der Waals surface area contributed by atoms with Gasteiger partial charge in [0.2, 0.25) is 0 Å². The van der Waals surface area contributed by atoms with Crippen LogP contribution in [0.4, 0.5) is 5.69 Å². The number of fused-ring (bicyclic) bond motifs is 1. The predicted octanol–water partition coefficient (Wildman–Crippen LogP) is 4.06. The molecule has 7 nitrogen and oxygen atoms in total. The number of aromatic nitrogens is 1. The van der Waals surface area contributed by atoms with E-state index in [1.807, 2.05) is 0 Å². The summed E-state index contributed by atoms with van der Waals surface area (Å²) < 4.78 is 6.00. The zero-order valence-electron chi connectivity index (χ0n) is 15.6. The van der Waals surface area contributed by atoms with Crippen LogP contribution in [0.5, 0.6) is 5.88 Å². The summed E-state index contributed by atoms with van der Waals surface area (Å²) in [6, 6.07) is 10.4. The Morgan fingerprint density at radius 1 is 1.03 bits per heavy atom. The number of hydrogen-bond donors (Lipinski definition) is 1. The third kappa shape index (κ3) is 3.93. The second kappa shape index (κ2) is 8.56. The van der Waals surface area contributed by atoms with Crippen molar-refractivity contribution in [2.45, 2.75) is 0 Å². The van der Waals surface area contributed by atoms with Gasteiger partial charge in [-0.15, -0.1) is 0 Å². The number of carboxylic acid groups (broad SMARTS) is 1. The third-order valence-corrected chi connectivity index (χ3v) is 5.77. The molecule has 1 N–H and O–H groups in total. The number of aromatic carboxylic acids is 1. The molecule has 0 saturated carbocycles. The van der Waals surface area contributed by atoms with Gasteiger partial charge in [-0.2, -0.15) is 0 Å². The number of anilines is 1. The molecule has 1 aliphatic heterocycles. The monoisotopic (exact) mass is 649 g/mol. The fourth-order valence-corrected chi connectivity index (χ4v) is 4.29. The summed E-state index contributed by atoms with van der Waals surface area (Å²) in [7, 11) is 0. The minimum absolute atomic E-state index is 0.0108. The topological polar surface area (TPSA) is 96.8 Å². The second-order valence-corrected chi connectivity index (χ2v) is 8.44. The summed E-state index contributed by atoms with van der Waals surface area (Å²) in [5, 5.41) is 10.1. The molecule has 10 heteroatoms. The number of nitrogens with zero attached hydrogens (tertiary/aromatic N) is 2. The Labute approximate surface area is 202 Å². The van der Waals surface area contributed by atoms with Crippen LogP contribution >= 0.6 is 23.2 Å². The number of ether oxygens (including phenoxy) is 1. The van der Waals surface area contributed by atoms with Gasteiger partial charge in [-0.1, -0.05) is 0 Å². The molecule has 3 aromatic rings.